The van der Waals surface area contributed by atoms with Gasteiger partial charge in [0.25, 0.3) is 11.6 Å². The third-order valence-corrected chi connectivity index (χ3v) is 5.92. The minimum absolute atomic E-state index is 0.0143. The van der Waals surface area contributed by atoms with E-state index in [1.54, 1.807) is 12.1 Å². The lowest BCUT2D eigenvalue weighted by molar-refractivity contribution is -0.384. The fraction of sp³-hybridized carbons (Fsp3) is 0.167. The van der Waals surface area contributed by atoms with E-state index >= 15 is 0 Å². The number of hydrogen-bond acceptors (Lipinski definition) is 6. The van der Waals surface area contributed by atoms with Crippen LogP contribution in [0.15, 0.2) is 77.0 Å². The first kappa shape index (κ1) is 28.3. The van der Waals surface area contributed by atoms with Crippen LogP contribution in [-0.2, 0) is 0 Å². The second-order valence-electron chi connectivity index (χ2n) is 7.84. The monoisotopic (exact) mass is 578 g/mol. The highest BCUT2D eigenvalue weighted by Crippen LogP contribution is 2.30. The van der Waals surface area contributed by atoms with Gasteiger partial charge in [-0.05, 0) is 67.5 Å². The number of benzene rings is 3. The van der Waals surface area contributed by atoms with Gasteiger partial charge in [0.2, 0.25) is 3.79 Å². The summed E-state index contributed by atoms with van der Waals surface area (Å²) in [5, 5.41) is 27.9. The van der Waals surface area contributed by atoms with Crippen molar-refractivity contribution in [3.8, 4) is 0 Å². The van der Waals surface area contributed by atoms with Crippen LogP contribution in [0.4, 0.5) is 22.7 Å². The highest BCUT2D eigenvalue weighted by atomic mass is 35.6. The van der Waals surface area contributed by atoms with Gasteiger partial charge in [0.05, 0.1) is 16.3 Å². The molecule has 1 unspecified atom stereocenters. The Balaban J connectivity index is 1.68. The summed E-state index contributed by atoms with van der Waals surface area (Å²) in [6, 6.07) is 18.2. The van der Waals surface area contributed by atoms with Crippen molar-refractivity contribution in [2.24, 2.45) is 10.2 Å². The molecule has 0 bridgehead atoms. The van der Waals surface area contributed by atoms with E-state index in [1.165, 1.54) is 18.2 Å². The molecule has 1 amide bonds. The van der Waals surface area contributed by atoms with Gasteiger partial charge in [-0.15, -0.1) is 0 Å². The van der Waals surface area contributed by atoms with Crippen LogP contribution >= 0.6 is 47.0 Å². The Bertz CT molecular complexity index is 1360. The number of amides is 1. The first-order valence-corrected chi connectivity index (χ1v) is 12.3. The molecule has 37 heavy (non-hydrogen) atoms. The number of nitro groups is 1. The van der Waals surface area contributed by atoms with E-state index in [9.17, 15) is 14.9 Å². The number of anilines is 1. The van der Waals surface area contributed by atoms with Crippen molar-refractivity contribution in [2.75, 3.05) is 5.32 Å². The third kappa shape index (κ3) is 8.09. The molecule has 3 N–H and O–H groups in total. The van der Waals surface area contributed by atoms with Crippen molar-refractivity contribution in [1.82, 2.24) is 10.6 Å². The minimum atomic E-state index is -2.00. The second kappa shape index (κ2) is 12.3. The number of hydrogen-bond donors (Lipinski definition) is 3. The molecule has 3 rings (SSSR count). The molecular weight excluding hydrogens is 559 g/mol. The number of thiocarbonyl (C=S) groups is 1. The van der Waals surface area contributed by atoms with E-state index < -0.39 is 20.8 Å². The van der Waals surface area contributed by atoms with E-state index in [0.717, 1.165) is 22.9 Å². The number of nitrogens with one attached hydrogen (secondary N) is 3. The van der Waals surface area contributed by atoms with Gasteiger partial charge >= 0.3 is 0 Å². The molecule has 3 aromatic carbocycles. The van der Waals surface area contributed by atoms with Crippen LogP contribution in [0, 0.1) is 24.0 Å². The van der Waals surface area contributed by atoms with Crippen molar-refractivity contribution in [2.45, 2.75) is 23.8 Å². The Morgan fingerprint density at radius 2 is 1.70 bits per heavy atom. The summed E-state index contributed by atoms with van der Waals surface area (Å²) in [5.41, 5.74) is 3.67. The van der Waals surface area contributed by atoms with Crippen LogP contribution in [0.2, 0.25) is 0 Å². The van der Waals surface area contributed by atoms with E-state index in [1.807, 2.05) is 44.2 Å². The van der Waals surface area contributed by atoms with Crippen molar-refractivity contribution in [3.63, 3.8) is 0 Å². The summed E-state index contributed by atoms with van der Waals surface area (Å²) in [5.74, 6) is -0.699. The predicted octanol–water partition coefficient (Wildman–Crippen LogP) is 7.04. The predicted molar refractivity (Wildman–Crippen MR) is 151 cm³/mol. The van der Waals surface area contributed by atoms with Gasteiger partial charge in [-0.1, -0.05) is 59.1 Å². The van der Waals surface area contributed by atoms with Gasteiger partial charge in [0.1, 0.15) is 6.17 Å². The summed E-state index contributed by atoms with van der Waals surface area (Å²) >= 11 is 23.5. The lowest BCUT2D eigenvalue weighted by Gasteiger charge is -2.28. The maximum Gasteiger partial charge on any atom is 0.270 e. The zero-order valence-electron chi connectivity index (χ0n) is 19.5. The highest BCUT2D eigenvalue weighted by Gasteiger charge is 2.35. The summed E-state index contributed by atoms with van der Waals surface area (Å²) in [7, 11) is 0. The lowest BCUT2D eigenvalue weighted by atomic mass is 10.2. The molecule has 0 heterocycles. The lowest BCUT2D eigenvalue weighted by Crippen LogP contribution is -2.56. The van der Waals surface area contributed by atoms with Crippen molar-refractivity contribution in [3.05, 3.63) is 93.5 Å². The van der Waals surface area contributed by atoms with Crippen molar-refractivity contribution >= 4 is 80.8 Å². The number of carbonyl (C=O) groups excluding carboxylic acids is 1. The molecule has 9 nitrogen and oxygen atoms in total. The number of non-ortho nitro benzene ring substituents is 1. The summed E-state index contributed by atoms with van der Waals surface area (Å²) in [6.07, 6.45) is -1.26. The zero-order valence-corrected chi connectivity index (χ0v) is 22.6. The largest absolute Gasteiger partial charge is 0.339 e. The Morgan fingerprint density at radius 3 is 2.35 bits per heavy atom. The van der Waals surface area contributed by atoms with Crippen LogP contribution in [0.25, 0.3) is 0 Å². The van der Waals surface area contributed by atoms with Crippen LogP contribution in [0.1, 0.15) is 21.5 Å². The third-order valence-electron chi connectivity index (χ3n) is 5.04. The molecular formula is C24H21Cl3N6O3S. The molecule has 3 aromatic rings. The van der Waals surface area contributed by atoms with E-state index in [-0.39, 0.29) is 16.4 Å². The number of halogens is 3. The molecule has 0 aliphatic rings. The topological polar surface area (TPSA) is 121 Å². The van der Waals surface area contributed by atoms with Crippen molar-refractivity contribution < 1.29 is 9.72 Å². The quantitative estimate of drug-likeness (QED) is 0.0689. The average molecular weight is 580 g/mol. The van der Waals surface area contributed by atoms with Gasteiger partial charge < -0.3 is 16.0 Å². The fourth-order valence-corrected chi connectivity index (χ4v) is 3.66. The Labute approximate surface area is 233 Å². The van der Waals surface area contributed by atoms with E-state index in [0.29, 0.717) is 11.4 Å². The van der Waals surface area contributed by atoms with E-state index in [4.69, 9.17) is 47.0 Å². The van der Waals surface area contributed by atoms with Gasteiger partial charge in [0, 0.05) is 23.4 Å². The second-order valence-corrected chi connectivity index (χ2v) is 10.6. The van der Waals surface area contributed by atoms with Crippen LogP contribution < -0.4 is 16.0 Å². The average Bonchev–Trinajstić information content (AvgIpc) is 2.84. The van der Waals surface area contributed by atoms with Gasteiger partial charge in [-0.3, -0.25) is 14.9 Å². The molecule has 0 radical (unpaired) electrons. The molecule has 0 saturated heterocycles. The number of alkyl halides is 3. The van der Waals surface area contributed by atoms with Crippen LogP contribution in [0.5, 0.6) is 0 Å². The minimum Gasteiger partial charge on any atom is -0.339 e. The molecule has 0 aromatic heterocycles. The summed E-state index contributed by atoms with van der Waals surface area (Å²) in [4.78, 5) is 23.0. The molecule has 0 fully saturated rings. The SMILES string of the molecule is Cc1ccccc1N=Nc1ccc(NC(=S)NC(NC(=O)c2cccc([N+](=O)[O-])c2)C(Cl)(Cl)Cl)c(C)c1. The van der Waals surface area contributed by atoms with E-state index in [2.05, 4.69) is 26.2 Å². The Kier molecular flexibility index (Phi) is 9.39. The first-order chi connectivity index (χ1) is 17.4. The maximum absolute atomic E-state index is 12.7. The number of aryl methyl sites for hydroxylation is 2. The molecule has 192 valence electrons. The number of rotatable bonds is 7. The fourth-order valence-electron chi connectivity index (χ4n) is 3.10. The van der Waals surface area contributed by atoms with Gasteiger partial charge in [-0.2, -0.15) is 10.2 Å². The standard InChI is InChI=1S/C24H21Cl3N6O3S/c1-14-6-3-4-9-20(14)32-31-17-10-11-19(15(2)12-17)28-23(37)30-22(24(25,26)27)29-21(34)16-7-5-8-18(13-16)33(35)36/h3-13,22H,1-2H3,(H,29,34)(H2,28,30,37). The molecule has 0 aliphatic heterocycles. The number of azo groups is 1. The summed E-state index contributed by atoms with van der Waals surface area (Å²) < 4.78 is -2.00. The number of nitrogens with zero attached hydrogens (tertiary/aromatic N) is 3. The highest BCUT2D eigenvalue weighted by molar-refractivity contribution is 7.80. The smallest absolute Gasteiger partial charge is 0.270 e. The molecule has 0 aliphatic carbocycles. The van der Waals surface area contributed by atoms with Gasteiger partial charge in [-0.25, -0.2) is 0 Å². The molecule has 0 saturated carbocycles. The summed E-state index contributed by atoms with van der Waals surface area (Å²) in [6.45, 7) is 3.81. The van der Waals surface area contributed by atoms with Crippen molar-refractivity contribution in [1.29, 1.82) is 0 Å². The first-order valence-electron chi connectivity index (χ1n) is 10.7. The van der Waals surface area contributed by atoms with Gasteiger partial charge in [0.15, 0.2) is 5.11 Å². The number of nitro benzene ring substituents is 1. The van der Waals surface area contributed by atoms with Crippen LogP contribution in [-0.4, -0.2) is 25.9 Å². The maximum atomic E-state index is 12.7. The Hall–Kier alpha value is -3.31. The molecule has 13 heteroatoms. The number of carbonyl (C=O) groups is 1. The van der Waals surface area contributed by atoms with Crippen LogP contribution in [0.3, 0.4) is 0 Å². The molecule has 1 atom stereocenters. The Morgan fingerprint density at radius 1 is 0.973 bits per heavy atom. The molecule has 0 spiro atoms. The normalized spacial score (nSPS) is 12.1. The zero-order chi connectivity index (χ0) is 27.2.